The molecule has 1 aliphatic heterocycles. The number of carbonyl (C=O) groups is 1. The Morgan fingerprint density at radius 2 is 2.40 bits per heavy atom. The van der Waals surface area contributed by atoms with Crippen LogP contribution in [0.2, 0.25) is 0 Å². The van der Waals surface area contributed by atoms with E-state index in [1.165, 1.54) is 0 Å². The van der Waals surface area contributed by atoms with E-state index in [2.05, 4.69) is 10.3 Å². The number of nitrogens with one attached hydrogen (secondary N) is 1. The van der Waals surface area contributed by atoms with Gasteiger partial charge < -0.3 is 15.2 Å². The second-order valence-corrected chi connectivity index (χ2v) is 7.29. The number of aliphatic hydroxyl groups is 1. The number of methoxy groups -OCH3 is 1. The predicted octanol–water partition coefficient (Wildman–Crippen LogP) is 1.89. The zero-order valence-corrected chi connectivity index (χ0v) is 15.1. The minimum absolute atomic E-state index is 0.0227. The molecule has 7 heteroatoms. The summed E-state index contributed by atoms with van der Waals surface area (Å²) in [6.45, 7) is 2.24. The molecule has 0 aliphatic carbocycles. The van der Waals surface area contributed by atoms with Crippen molar-refractivity contribution in [2.75, 3.05) is 26.7 Å². The molecule has 25 heavy (non-hydrogen) atoms. The van der Waals surface area contributed by atoms with Crippen LogP contribution < -0.4 is 10.1 Å². The van der Waals surface area contributed by atoms with Gasteiger partial charge in [-0.25, -0.2) is 4.98 Å². The lowest BCUT2D eigenvalue weighted by molar-refractivity contribution is -0.123. The molecule has 1 saturated heterocycles. The maximum atomic E-state index is 12.1. The number of amides is 1. The fourth-order valence-electron chi connectivity index (χ4n) is 2.90. The summed E-state index contributed by atoms with van der Waals surface area (Å²) in [6, 6.07) is 7.77. The van der Waals surface area contributed by atoms with Crippen LogP contribution in [0.5, 0.6) is 5.75 Å². The van der Waals surface area contributed by atoms with Crippen molar-refractivity contribution in [2.24, 2.45) is 0 Å². The Hall–Kier alpha value is -1.96. The van der Waals surface area contributed by atoms with Crippen molar-refractivity contribution in [2.45, 2.75) is 25.5 Å². The van der Waals surface area contributed by atoms with Crippen LogP contribution in [-0.2, 0) is 11.3 Å². The number of hydrogen-bond donors (Lipinski definition) is 2. The second-order valence-electron chi connectivity index (χ2n) is 6.17. The first-order chi connectivity index (χ1) is 12.1. The number of nitrogens with zero attached hydrogens (tertiary/aromatic N) is 2. The summed E-state index contributed by atoms with van der Waals surface area (Å²) in [5, 5.41) is 13.5. The lowest BCUT2D eigenvalue weighted by Gasteiger charge is -2.29. The van der Waals surface area contributed by atoms with Crippen molar-refractivity contribution in [1.29, 1.82) is 0 Å². The van der Waals surface area contributed by atoms with Gasteiger partial charge in [-0.1, -0.05) is 12.1 Å². The first-order valence-corrected chi connectivity index (χ1v) is 9.22. The number of piperidine rings is 1. The molecule has 2 heterocycles. The quantitative estimate of drug-likeness (QED) is 0.822. The molecule has 0 saturated carbocycles. The highest BCUT2D eigenvalue weighted by Gasteiger charge is 2.19. The average Bonchev–Trinajstić information content (AvgIpc) is 3.09. The van der Waals surface area contributed by atoms with E-state index < -0.39 is 0 Å². The van der Waals surface area contributed by atoms with E-state index in [4.69, 9.17) is 4.74 Å². The fourth-order valence-corrected chi connectivity index (χ4v) is 3.75. The second kappa shape index (κ2) is 8.42. The summed E-state index contributed by atoms with van der Waals surface area (Å²) >= 11 is 1.56. The van der Waals surface area contributed by atoms with E-state index in [-0.39, 0.29) is 12.0 Å². The Balaban J connectivity index is 1.52. The molecule has 0 spiro atoms. The maximum absolute atomic E-state index is 12.1. The average molecular weight is 361 g/mol. The molecule has 1 aromatic carbocycles. The highest BCUT2D eigenvalue weighted by molar-refractivity contribution is 7.15. The van der Waals surface area contributed by atoms with Crippen LogP contribution in [-0.4, -0.2) is 53.7 Å². The molecule has 2 N–H and O–H groups in total. The van der Waals surface area contributed by atoms with Crippen molar-refractivity contribution < 1.29 is 14.6 Å². The minimum atomic E-state index is -0.312. The predicted molar refractivity (Wildman–Crippen MR) is 97.6 cm³/mol. The van der Waals surface area contributed by atoms with Gasteiger partial charge in [0.1, 0.15) is 10.8 Å². The Bertz CT molecular complexity index is 719. The zero-order chi connectivity index (χ0) is 17.6. The van der Waals surface area contributed by atoms with E-state index >= 15 is 0 Å². The van der Waals surface area contributed by atoms with Crippen molar-refractivity contribution in [3.63, 3.8) is 0 Å². The molecule has 2 aromatic rings. The third-order valence-electron chi connectivity index (χ3n) is 4.18. The lowest BCUT2D eigenvalue weighted by atomic mass is 10.1. The summed E-state index contributed by atoms with van der Waals surface area (Å²) in [5.41, 5.74) is 1.00. The summed E-state index contributed by atoms with van der Waals surface area (Å²) in [6.07, 6.45) is 3.25. The molecule has 0 radical (unpaired) electrons. The highest BCUT2D eigenvalue weighted by atomic mass is 32.1. The van der Waals surface area contributed by atoms with Gasteiger partial charge in [-0.15, -0.1) is 11.3 Å². The molecule has 6 nitrogen and oxygen atoms in total. The van der Waals surface area contributed by atoms with Gasteiger partial charge in [0.05, 0.1) is 26.3 Å². The molecule has 1 atom stereocenters. The van der Waals surface area contributed by atoms with Gasteiger partial charge >= 0.3 is 0 Å². The van der Waals surface area contributed by atoms with Crippen LogP contribution in [0.15, 0.2) is 30.5 Å². The zero-order valence-electron chi connectivity index (χ0n) is 14.3. The van der Waals surface area contributed by atoms with Crippen molar-refractivity contribution in [3.05, 3.63) is 35.3 Å². The van der Waals surface area contributed by atoms with Crippen LogP contribution in [0.1, 0.15) is 17.7 Å². The largest absolute Gasteiger partial charge is 0.497 e. The van der Waals surface area contributed by atoms with E-state index in [0.717, 1.165) is 40.6 Å². The molecular weight excluding hydrogens is 338 g/mol. The molecule has 1 unspecified atom stereocenters. The number of hydrogen-bond acceptors (Lipinski definition) is 6. The van der Waals surface area contributed by atoms with E-state index in [1.54, 1.807) is 24.6 Å². The van der Waals surface area contributed by atoms with E-state index in [1.807, 2.05) is 29.2 Å². The summed E-state index contributed by atoms with van der Waals surface area (Å²) in [7, 11) is 1.64. The fraction of sp³-hybridized carbons (Fsp3) is 0.444. The van der Waals surface area contributed by atoms with Crippen molar-refractivity contribution in [1.82, 2.24) is 15.2 Å². The van der Waals surface area contributed by atoms with E-state index in [9.17, 15) is 9.90 Å². The van der Waals surface area contributed by atoms with Crippen LogP contribution in [0.25, 0.3) is 10.6 Å². The molecule has 3 rings (SSSR count). The number of thiazole rings is 1. The standard InChI is InChI=1S/C18H23N3O3S/c1-24-15-6-2-4-13(8-15)18-20-10-16(25-18)9-19-17(23)12-21-7-3-5-14(22)11-21/h2,4,6,8,10,14,22H,3,5,7,9,11-12H2,1H3,(H,19,23). The Morgan fingerprint density at radius 1 is 1.52 bits per heavy atom. The first-order valence-electron chi connectivity index (χ1n) is 8.40. The molecule has 1 amide bonds. The molecule has 134 valence electrons. The Morgan fingerprint density at radius 3 is 3.20 bits per heavy atom. The lowest BCUT2D eigenvalue weighted by Crippen LogP contribution is -2.44. The smallest absolute Gasteiger partial charge is 0.234 e. The van der Waals surface area contributed by atoms with Crippen LogP contribution in [0, 0.1) is 0 Å². The third kappa shape index (κ3) is 5.01. The van der Waals surface area contributed by atoms with Gasteiger partial charge in [-0.2, -0.15) is 0 Å². The van der Waals surface area contributed by atoms with Crippen molar-refractivity contribution in [3.8, 4) is 16.3 Å². The van der Waals surface area contributed by atoms with Crippen LogP contribution in [0.3, 0.4) is 0 Å². The van der Waals surface area contributed by atoms with Gasteiger partial charge in [0.25, 0.3) is 0 Å². The SMILES string of the molecule is COc1cccc(-c2ncc(CNC(=O)CN3CCCC(O)C3)s2)c1. The summed E-state index contributed by atoms with van der Waals surface area (Å²) in [4.78, 5) is 19.5. The highest BCUT2D eigenvalue weighted by Crippen LogP contribution is 2.27. The molecular formula is C18H23N3O3S. The maximum Gasteiger partial charge on any atom is 0.234 e. The third-order valence-corrected chi connectivity index (χ3v) is 5.22. The molecule has 1 aliphatic rings. The van der Waals surface area contributed by atoms with Gasteiger partial charge in [-0.3, -0.25) is 9.69 Å². The van der Waals surface area contributed by atoms with Crippen molar-refractivity contribution >= 4 is 17.2 Å². The Kier molecular flexibility index (Phi) is 6.01. The molecule has 1 aromatic heterocycles. The van der Waals surface area contributed by atoms with Gasteiger partial charge in [-0.05, 0) is 31.5 Å². The normalized spacial score (nSPS) is 18.1. The number of likely N-dealkylation sites (tertiary alicyclic amines) is 1. The van der Waals surface area contributed by atoms with Crippen LogP contribution >= 0.6 is 11.3 Å². The number of ether oxygens (including phenoxy) is 1. The number of aliphatic hydroxyl groups excluding tert-OH is 1. The number of carbonyl (C=O) groups excluding carboxylic acids is 1. The summed E-state index contributed by atoms with van der Waals surface area (Å²) < 4.78 is 5.24. The van der Waals surface area contributed by atoms with Gasteiger partial charge in [0.2, 0.25) is 5.91 Å². The van der Waals surface area contributed by atoms with E-state index in [0.29, 0.717) is 19.6 Å². The number of rotatable bonds is 6. The van der Waals surface area contributed by atoms with Gasteiger partial charge in [0.15, 0.2) is 0 Å². The van der Waals surface area contributed by atoms with Gasteiger partial charge in [0, 0.05) is 23.2 Å². The molecule has 1 fully saturated rings. The number of β-amino-alcohol motifs (C(OH)–C–C–N with tert-alkyl or cyclic N) is 1. The topological polar surface area (TPSA) is 74.7 Å². The van der Waals surface area contributed by atoms with Crippen LogP contribution in [0.4, 0.5) is 0 Å². The summed E-state index contributed by atoms with van der Waals surface area (Å²) in [5.74, 6) is 0.775. The Labute approximate surface area is 151 Å². The molecule has 0 bridgehead atoms. The first kappa shape index (κ1) is 17.8. The minimum Gasteiger partial charge on any atom is -0.497 e. The number of benzene rings is 1. The number of aromatic nitrogens is 1. The monoisotopic (exact) mass is 361 g/mol.